The molecule has 12 heavy (non-hydrogen) atoms. The van der Waals surface area contributed by atoms with Gasteiger partial charge in [-0.2, -0.15) is 0 Å². The molecule has 0 aromatic carbocycles. The average Bonchev–Trinajstić information content (AvgIpc) is 2.24. The van der Waals surface area contributed by atoms with E-state index in [1.54, 1.807) is 12.4 Å². The summed E-state index contributed by atoms with van der Waals surface area (Å²) in [6.45, 7) is 3.96. The van der Waals surface area contributed by atoms with Gasteiger partial charge in [-0.25, -0.2) is 0 Å². The van der Waals surface area contributed by atoms with E-state index in [0.717, 1.165) is 17.5 Å². The van der Waals surface area contributed by atoms with Gasteiger partial charge in [0.1, 0.15) is 0 Å². The van der Waals surface area contributed by atoms with Crippen molar-refractivity contribution in [2.45, 2.75) is 20.3 Å². The molecular formula is C10H11NO. The van der Waals surface area contributed by atoms with Gasteiger partial charge in [-0.15, -0.1) is 0 Å². The van der Waals surface area contributed by atoms with Crippen molar-refractivity contribution in [3.8, 4) is 0 Å². The predicted octanol–water partition coefficient (Wildman–Crippen LogP) is 1.85. The molecule has 0 spiro atoms. The van der Waals surface area contributed by atoms with Crippen LogP contribution < -0.4 is 0 Å². The van der Waals surface area contributed by atoms with Crippen molar-refractivity contribution in [1.82, 2.24) is 4.98 Å². The van der Waals surface area contributed by atoms with Gasteiger partial charge in [-0.05, 0) is 18.1 Å². The number of Topliss-reactive ketones (excluding diaryl/α,β-unsaturated/α-hetero) is 1. The molecule has 2 nitrogen and oxygen atoms in total. The van der Waals surface area contributed by atoms with E-state index >= 15 is 0 Å². The molecule has 2 heteroatoms. The van der Waals surface area contributed by atoms with Crippen LogP contribution in [0.15, 0.2) is 18.5 Å². The van der Waals surface area contributed by atoms with Gasteiger partial charge in [0, 0.05) is 23.4 Å². The largest absolute Gasteiger partial charge is 0.294 e. The standard InChI is InChI=1S/C10H11NO/c1-10(2)5-7-6-11-4-3-8(7)9(10)12/h3-4,6H,5H2,1-2H3. The number of aromatic nitrogens is 1. The molecule has 1 aliphatic rings. The molecular weight excluding hydrogens is 150 g/mol. The zero-order valence-electron chi connectivity index (χ0n) is 7.29. The van der Waals surface area contributed by atoms with Crippen LogP contribution in [0, 0.1) is 5.41 Å². The molecule has 1 aliphatic carbocycles. The lowest BCUT2D eigenvalue weighted by Crippen LogP contribution is -2.18. The van der Waals surface area contributed by atoms with Crippen molar-refractivity contribution in [1.29, 1.82) is 0 Å². The highest BCUT2D eigenvalue weighted by molar-refractivity contribution is 6.04. The first-order valence-corrected chi connectivity index (χ1v) is 4.09. The summed E-state index contributed by atoms with van der Waals surface area (Å²) < 4.78 is 0. The Morgan fingerprint density at radius 1 is 1.50 bits per heavy atom. The van der Waals surface area contributed by atoms with Crippen molar-refractivity contribution in [3.05, 3.63) is 29.6 Å². The summed E-state index contributed by atoms with van der Waals surface area (Å²) in [4.78, 5) is 15.7. The Kier molecular flexibility index (Phi) is 1.34. The molecule has 0 N–H and O–H groups in total. The highest BCUT2D eigenvalue weighted by Crippen LogP contribution is 2.35. The Morgan fingerprint density at radius 3 is 2.92 bits per heavy atom. The van der Waals surface area contributed by atoms with Gasteiger partial charge >= 0.3 is 0 Å². The van der Waals surface area contributed by atoms with E-state index < -0.39 is 0 Å². The second-order valence-corrected chi connectivity index (χ2v) is 3.92. The van der Waals surface area contributed by atoms with Crippen molar-refractivity contribution < 1.29 is 4.79 Å². The Balaban J connectivity index is 2.57. The van der Waals surface area contributed by atoms with Crippen molar-refractivity contribution in [2.75, 3.05) is 0 Å². The fourth-order valence-corrected chi connectivity index (χ4v) is 1.71. The summed E-state index contributed by atoms with van der Waals surface area (Å²) in [7, 11) is 0. The molecule has 1 aromatic rings. The molecule has 0 radical (unpaired) electrons. The van der Waals surface area contributed by atoms with Crippen LogP contribution >= 0.6 is 0 Å². The Bertz CT molecular complexity index is 341. The zero-order chi connectivity index (χ0) is 8.77. The summed E-state index contributed by atoms with van der Waals surface area (Å²) >= 11 is 0. The van der Waals surface area contributed by atoms with E-state index in [0.29, 0.717) is 0 Å². The Labute approximate surface area is 71.6 Å². The maximum absolute atomic E-state index is 11.7. The number of carbonyl (C=O) groups excluding carboxylic acids is 1. The first kappa shape index (κ1) is 7.47. The van der Waals surface area contributed by atoms with E-state index in [9.17, 15) is 4.79 Å². The molecule has 62 valence electrons. The number of hydrogen-bond acceptors (Lipinski definition) is 2. The number of rotatable bonds is 0. The smallest absolute Gasteiger partial charge is 0.169 e. The highest BCUT2D eigenvalue weighted by atomic mass is 16.1. The predicted molar refractivity (Wildman–Crippen MR) is 46.1 cm³/mol. The molecule has 0 saturated carbocycles. The van der Waals surface area contributed by atoms with Crippen LogP contribution in [0.25, 0.3) is 0 Å². The normalized spacial score (nSPS) is 19.3. The number of fused-ring (bicyclic) bond motifs is 1. The monoisotopic (exact) mass is 161 g/mol. The molecule has 0 amide bonds. The number of nitrogens with zero attached hydrogens (tertiary/aromatic N) is 1. The summed E-state index contributed by atoms with van der Waals surface area (Å²) in [6, 6.07) is 1.81. The van der Waals surface area contributed by atoms with Crippen molar-refractivity contribution in [3.63, 3.8) is 0 Å². The van der Waals surface area contributed by atoms with Crippen molar-refractivity contribution >= 4 is 5.78 Å². The average molecular weight is 161 g/mol. The van der Waals surface area contributed by atoms with Crippen molar-refractivity contribution in [2.24, 2.45) is 5.41 Å². The molecule has 0 fully saturated rings. The van der Waals surface area contributed by atoms with Crippen LogP contribution in [0.1, 0.15) is 29.8 Å². The highest BCUT2D eigenvalue weighted by Gasteiger charge is 2.37. The van der Waals surface area contributed by atoms with Gasteiger partial charge in [0.2, 0.25) is 0 Å². The molecule has 0 saturated heterocycles. The molecule has 1 heterocycles. The summed E-state index contributed by atoms with van der Waals surface area (Å²) in [5.74, 6) is 0.250. The quantitative estimate of drug-likeness (QED) is 0.581. The summed E-state index contributed by atoms with van der Waals surface area (Å²) in [5.41, 5.74) is 1.73. The van der Waals surface area contributed by atoms with E-state index in [4.69, 9.17) is 0 Å². The van der Waals surface area contributed by atoms with Gasteiger partial charge in [0.15, 0.2) is 5.78 Å². The zero-order valence-corrected chi connectivity index (χ0v) is 7.29. The third-order valence-electron chi connectivity index (χ3n) is 2.40. The Hall–Kier alpha value is -1.18. The SMILES string of the molecule is CC1(C)Cc2cnccc2C1=O. The van der Waals surface area contributed by atoms with E-state index in [1.165, 1.54) is 0 Å². The fraction of sp³-hybridized carbons (Fsp3) is 0.400. The minimum absolute atomic E-state index is 0.217. The lowest BCUT2D eigenvalue weighted by Gasteiger charge is -2.12. The molecule has 1 aromatic heterocycles. The molecule has 0 aliphatic heterocycles. The van der Waals surface area contributed by atoms with Crippen LogP contribution in [0.2, 0.25) is 0 Å². The van der Waals surface area contributed by atoms with Gasteiger partial charge in [0.25, 0.3) is 0 Å². The maximum atomic E-state index is 11.7. The van der Waals surface area contributed by atoms with Crippen LogP contribution in [-0.4, -0.2) is 10.8 Å². The number of ketones is 1. The topological polar surface area (TPSA) is 30.0 Å². The second-order valence-electron chi connectivity index (χ2n) is 3.92. The molecule has 0 bridgehead atoms. The van der Waals surface area contributed by atoms with E-state index in [-0.39, 0.29) is 11.2 Å². The lowest BCUT2D eigenvalue weighted by molar-refractivity contribution is 0.0863. The van der Waals surface area contributed by atoms with E-state index in [1.807, 2.05) is 19.9 Å². The van der Waals surface area contributed by atoms with Crippen LogP contribution in [0.5, 0.6) is 0 Å². The van der Waals surface area contributed by atoms with Gasteiger partial charge in [-0.3, -0.25) is 9.78 Å². The first-order chi connectivity index (χ1) is 5.61. The van der Waals surface area contributed by atoms with Crippen LogP contribution in [0.3, 0.4) is 0 Å². The number of hydrogen-bond donors (Lipinski definition) is 0. The summed E-state index contributed by atoms with van der Waals surface area (Å²) in [5, 5.41) is 0. The Morgan fingerprint density at radius 2 is 2.25 bits per heavy atom. The first-order valence-electron chi connectivity index (χ1n) is 4.09. The number of carbonyl (C=O) groups is 1. The minimum atomic E-state index is -0.217. The third kappa shape index (κ3) is 0.876. The van der Waals surface area contributed by atoms with Crippen LogP contribution in [0.4, 0.5) is 0 Å². The number of pyridine rings is 1. The molecule has 0 unspecified atom stereocenters. The minimum Gasteiger partial charge on any atom is -0.294 e. The van der Waals surface area contributed by atoms with Gasteiger partial charge < -0.3 is 0 Å². The third-order valence-corrected chi connectivity index (χ3v) is 2.40. The molecule has 2 rings (SSSR count). The fourth-order valence-electron chi connectivity index (χ4n) is 1.71. The van der Waals surface area contributed by atoms with Crippen LogP contribution in [-0.2, 0) is 6.42 Å². The molecule has 0 atom stereocenters. The van der Waals surface area contributed by atoms with E-state index in [2.05, 4.69) is 4.98 Å². The second kappa shape index (κ2) is 2.16. The maximum Gasteiger partial charge on any atom is 0.169 e. The summed E-state index contributed by atoms with van der Waals surface area (Å²) in [6.07, 6.45) is 4.30. The lowest BCUT2D eigenvalue weighted by atomic mass is 9.89. The van der Waals surface area contributed by atoms with Gasteiger partial charge in [0.05, 0.1) is 0 Å². The van der Waals surface area contributed by atoms with Gasteiger partial charge in [-0.1, -0.05) is 13.8 Å².